The first-order valence-corrected chi connectivity index (χ1v) is 10.3. The van der Waals surface area contributed by atoms with Gasteiger partial charge in [0, 0.05) is 38.3 Å². The summed E-state index contributed by atoms with van der Waals surface area (Å²) >= 11 is 0. The zero-order valence-corrected chi connectivity index (χ0v) is 17.2. The summed E-state index contributed by atoms with van der Waals surface area (Å²) in [5, 5.41) is 4.39. The molecule has 0 amide bonds. The lowest BCUT2D eigenvalue weighted by atomic mass is 10.1. The van der Waals surface area contributed by atoms with E-state index >= 15 is 0 Å². The summed E-state index contributed by atoms with van der Waals surface area (Å²) in [4.78, 5) is 12.8. The van der Waals surface area contributed by atoms with Crippen molar-refractivity contribution in [2.24, 2.45) is 0 Å². The van der Waals surface area contributed by atoms with E-state index in [1.165, 1.54) is 10.6 Å². The molecule has 4 aromatic rings. The van der Waals surface area contributed by atoms with Gasteiger partial charge in [-0.25, -0.2) is 8.78 Å². The summed E-state index contributed by atoms with van der Waals surface area (Å²) in [5.74, 6) is 0.270. The molecule has 1 aliphatic heterocycles. The molecule has 1 aliphatic rings. The van der Waals surface area contributed by atoms with Crippen LogP contribution in [-0.4, -0.2) is 57.2 Å². The smallest absolute Gasteiger partial charge is 0.256 e. The topological polar surface area (TPSA) is 115 Å². The van der Waals surface area contributed by atoms with Crippen LogP contribution in [0.25, 0.3) is 17.4 Å². The van der Waals surface area contributed by atoms with Gasteiger partial charge in [-0.2, -0.15) is 14.5 Å². The molecule has 9 nitrogen and oxygen atoms in total. The van der Waals surface area contributed by atoms with Crippen LogP contribution in [0.2, 0.25) is 0 Å². The Bertz CT molecular complexity index is 1250. The molecular formula is C21H22F2N8O. The predicted molar refractivity (Wildman–Crippen MR) is 116 cm³/mol. The Kier molecular flexibility index (Phi) is 5.10. The van der Waals surface area contributed by atoms with Gasteiger partial charge >= 0.3 is 0 Å². The molecule has 5 rings (SSSR count). The maximum Gasteiger partial charge on any atom is 0.256 e. The third-order valence-electron chi connectivity index (χ3n) is 5.72. The van der Waals surface area contributed by atoms with Gasteiger partial charge in [0.2, 0.25) is 5.82 Å². The van der Waals surface area contributed by atoms with E-state index in [0.717, 1.165) is 6.07 Å². The molecule has 0 saturated carbocycles. The fourth-order valence-electron chi connectivity index (χ4n) is 3.96. The number of fused-ring (bicyclic) bond motifs is 1. The summed E-state index contributed by atoms with van der Waals surface area (Å²) in [6.45, 7) is 3.30. The molecule has 3 aromatic heterocycles. The maximum absolute atomic E-state index is 14.1. The third-order valence-corrected chi connectivity index (χ3v) is 5.72. The van der Waals surface area contributed by atoms with Gasteiger partial charge in [0.25, 0.3) is 5.78 Å². The van der Waals surface area contributed by atoms with E-state index in [4.69, 9.17) is 15.9 Å². The lowest BCUT2D eigenvalue weighted by Crippen LogP contribution is -2.47. The van der Waals surface area contributed by atoms with Crippen LogP contribution in [0, 0.1) is 11.6 Å². The molecule has 1 fully saturated rings. The fraction of sp³-hybridized carbons (Fsp3) is 0.286. The first-order valence-electron chi connectivity index (χ1n) is 10.3. The summed E-state index contributed by atoms with van der Waals surface area (Å²) in [6.07, 6.45) is 2.12. The molecule has 1 aromatic carbocycles. The molecule has 1 saturated heterocycles. The number of nitrogens with two attached hydrogens (primary N) is 2. The zero-order valence-electron chi connectivity index (χ0n) is 17.2. The van der Waals surface area contributed by atoms with E-state index in [1.807, 2.05) is 4.90 Å². The minimum absolute atomic E-state index is 0.298. The molecule has 11 heteroatoms. The van der Waals surface area contributed by atoms with Crippen LogP contribution in [0.5, 0.6) is 0 Å². The number of piperazine rings is 1. The van der Waals surface area contributed by atoms with Crippen molar-refractivity contribution < 1.29 is 13.2 Å². The molecular weight excluding hydrogens is 418 g/mol. The number of anilines is 3. The SMILES string of the molecule is Nc1nc2nc(-c3ccco3)nn2c(N)c1CCN1CCN(c2cccc(F)c2F)CC1. The van der Waals surface area contributed by atoms with E-state index in [0.29, 0.717) is 79.4 Å². The molecule has 0 spiro atoms. The van der Waals surface area contributed by atoms with Crippen LogP contribution >= 0.6 is 0 Å². The molecule has 0 radical (unpaired) electrons. The van der Waals surface area contributed by atoms with Crippen molar-refractivity contribution in [1.82, 2.24) is 24.5 Å². The third kappa shape index (κ3) is 3.60. The van der Waals surface area contributed by atoms with Crippen molar-refractivity contribution in [1.29, 1.82) is 0 Å². The summed E-state index contributed by atoms with van der Waals surface area (Å²) < 4.78 is 34.4. The number of furan rings is 1. The Balaban J connectivity index is 1.27. The molecule has 0 unspecified atom stereocenters. The number of aromatic nitrogens is 4. The number of halogens is 2. The fourth-order valence-corrected chi connectivity index (χ4v) is 3.96. The highest BCUT2D eigenvalue weighted by Crippen LogP contribution is 2.25. The van der Waals surface area contributed by atoms with E-state index in [9.17, 15) is 8.78 Å². The Hall–Kier alpha value is -3.73. The van der Waals surface area contributed by atoms with E-state index in [-0.39, 0.29) is 0 Å². The second-order valence-electron chi connectivity index (χ2n) is 7.64. The van der Waals surface area contributed by atoms with Gasteiger partial charge in [-0.3, -0.25) is 4.90 Å². The van der Waals surface area contributed by atoms with Gasteiger partial charge in [0.05, 0.1) is 12.0 Å². The minimum atomic E-state index is -0.831. The van der Waals surface area contributed by atoms with Crippen molar-refractivity contribution in [2.45, 2.75) is 6.42 Å². The number of nitrogen functional groups attached to an aromatic ring is 2. The average molecular weight is 440 g/mol. The van der Waals surface area contributed by atoms with Crippen molar-refractivity contribution >= 4 is 23.1 Å². The Labute approximate surface area is 182 Å². The molecule has 32 heavy (non-hydrogen) atoms. The molecule has 4 N–H and O–H groups in total. The van der Waals surface area contributed by atoms with Crippen LogP contribution < -0.4 is 16.4 Å². The van der Waals surface area contributed by atoms with Crippen molar-refractivity contribution in [2.75, 3.05) is 49.1 Å². The largest absolute Gasteiger partial charge is 0.461 e. The highest BCUT2D eigenvalue weighted by Gasteiger charge is 2.22. The second kappa shape index (κ2) is 8.08. The van der Waals surface area contributed by atoms with E-state index in [1.54, 1.807) is 24.5 Å². The van der Waals surface area contributed by atoms with E-state index < -0.39 is 11.6 Å². The Morgan fingerprint density at radius 3 is 2.56 bits per heavy atom. The van der Waals surface area contributed by atoms with Crippen LogP contribution in [0.4, 0.5) is 26.1 Å². The van der Waals surface area contributed by atoms with Gasteiger partial charge in [0.15, 0.2) is 17.4 Å². The first-order chi connectivity index (χ1) is 15.5. The van der Waals surface area contributed by atoms with Crippen molar-refractivity contribution in [3.63, 3.8) is 0 Å². The molecule has 0 aliphatic carbocycles. The summed E-state index contributed by atoms with van der Waals surface area (Å²) in [6, 6.07) is 7.76. The highest BCUT2D eigenvalue weighted by molar-refractivity contribution is 5.61. The minimum Gasteiger partial charge on any atom is -0.461 e. The zero-order chi connectivity index (χ0) is 22.2. The quantitative estimate of drug-likeness (QED) is 0.485. The van der Waals surface area contributed by atoms with Gasteiger partial charge in [-0.15, -0.1) is 5.10 Å². The summed E-state index contributed by atoms with van der Waals surface area (Å²) in [7, 11) is 0. The number of hydrogen-bond donors (Lipinski definition) is 2. The summed E-state index contributed by atoms with van der Waals surface area (Å²) in [5.41, 5.74) is 13.5. The van der Waals surface area contributed by atoms with Crippen LogP contribution in [-0.2, 0) is 6.42 Å². The molecule has 0 bridgehead atoms. The van der Waals surface area contributed by atoms with Crippen LogP contribution in [0.15, 0.2) is 41.0 Å². The molecule has 4 heterocycles. The lowest BCUT2D eigenvalue weighted by Gasteiger charge is -2.36. The van der Waals surface area contributed by atoms with Gasteiger partial charge in [-0.1, -0.05) is 6.07 Å². The second-order valence-corrected chi connectivity index (χ2v) is 7.64. The normalized spacial score (nSPS) is 15.0. The highest BCUT2D eigenvalue weighted by atomic mass is 19.2. The Morgan fingerprint density at radius 2 is 1.81 bits per heavy atom. The molecule has 0 atom stereocenters. The number of nitrogens with zero attached hydrogens (tertiary/aromatic N) is 6. The number of rotatable bonds is 5. The van der Waals surface area contributed by atoms with Gasteiger partial charge in [-0.05, 0) is 30.7 Å². The number of hydrogen-bond acceptors (Lipinski definition) is 8. The van der Waals surface area contributed by atoms with Crippen molar-refractivity contribution in [3.8, 4) is 11.6 Å². The average Bonchev–Trinajstić information content (AvgIpc) is 3.46. The number of benzene rings is 1. The lowest BCUT2D eigenvalue weighted by molar-refractivity contribution is 0.260. The predicted octanol–water partition coefficient (Wildman–Crippen LogP) is 2.19. The first kappa shape index (κ1) is 20.2. The molecule has 166 valence electrons. The van der Waals surface area contributed by atoms with E-state index in [2.05, 4.69) is 20.0 Å². The maximum atomic E-state index is 14.1. The van der Waals surface area contributed by atoms with Crippen molar-refractivity contribution in [3.05, 3.63) is 53.8 Å². The standard InChI is InChI=1S/C21H22F2N8O/c22-14-3-1-4-15(17(14)23)30-10-8-29(9-11-30)7-6-13-18(24)26-21-27-20(16-5-2-12-32-16)28-31(21)19(13)25/h1-5,12H,6-11,25H2,(H2,24,26,27,28). The van der Waals surface area contributed by atoms with Crippen LogP contribution in [0.3, 0.4) is 0 Å². The Morgan fingerprint density at radius 1 is 1.00 bits per heavy atom. The van der Waals surface area contributed by atoms with Gasteiger partial charge in [0.1, 0.15) is 11.6 Å². The van der Waals surface area contributed by atoms with Gasteiger partial charge < -0.3 is 20.8 Å². The monoisotopic (exact) mass is 440 g/mol. The van der Waals surface area contributed by atoms with Crippen LogP contribution in [0.1, 0.15) is 5.56 Å².